The van der Waals surface area contributed by atoms with E-state index in [4.69, 9.17) is 5.11 Å². The summed E-state index contributed by atoms with van der Waals surface area (Å²) in [4.78, 5) is 13.3. The monoisotopic (exact) mass is 312 g/mol. The van der Waals surface area contributed by atoms with Crippen molar-refractivity contribution in [2.24, 2.45) is 0 Å². The van der Waals surface area contributed by atoms with Crippen molar-refractivity contribution in [1.82, 2.24) is 4.31 Å². The van der Waals surface area contributed by atoms with Gasteiger partial charge in [-0.25, -0.2) is 8.42 Å². The van der Waals surface area contributed by atoms with Gasteiger partial charge in [0.2, 0.25) is 15.9 Å². The average molecular weight is 312 g/mol. The Morgan fingerprint density at radius 2 is 2.14 bits per heavy atom. The quantitative estimate of drug-likeness (QED) is 0.883. The highest BCUT2D eigenvalue weighted by Gasteiger charge is 2.28. The van der Waals surface area contributed by atoms with Crippen molar-refractivity contribution in [3.63, 3.8) is 0 Å². The van der Waals surface area contributed by atoms with Crippen LogP contribution in [0.4, 0.5) is 5.69 Å². The van der Waals surface area contributed by atoms with E-state index in [1.807, 2.05) is 0 Å². The number of hydrogen-bond donors (Lipinski definition) is 1. The molecule has 21 heavy (non-hydrogen) atoms. The van der Waals surface area contributed by atoms with Gasteiger partial charge in [-0.1, -0.05) is 0 Å². The zero-order valence-electron chi connectivity index (χ0n) is 12.4. The number of aliphatic hydroxyl groups excluding tert-OH is 1. The third kappa shape index (κ3) is 2.81. The lowest BCUT2D eigenvalue weighted by Crippen LogP contribution is -2.37. The lowest BCUT2D eigenvalue weighted by molar-refractivity contribution is -0.116. The van der Waals surface area contributed by atoms with Crippen molar-refractivity contribution >= 4 is 21.6 Å². The van der Waals surface area contributed by atoms with Crippen LogP contribution in [-0.2, 0) is 21.2 Å². The summed E-state index contributed by atoms with van der Waals surface area (Å²) in [6, 6.07) is 4.31. The molecule has 1 aliphatic rings. The topological polar surface area (TPSA) is 77.9 Å². The van der Waals surface area contributed by atoms with Crippen LogP contribution < -0.4 is 4.90 Å². The van der Waals surface area contributed by atoms with Crippen LogP contribution in [0.2, 0.25) is 0 Å². The molecule has 2 rings (SSSR count). The number of hydrogen-bond acceptors (Lipinski definition) is 4. The Balaban J connectivity index is 2.38. The highest BCUT2D eigenvalue weighted by atomic mass is 32.2. The second-order valence-corrected chi connectivity index (χ2v) is 7.26. The Morgan fingerprint density at radius 1 is 1.48 bits per heavy atom. The predicted molar refractivity (Wildman–Crippen MR) is 79.7 cm³/mol. The lowest BCUT2D eigenvalue weighted by atomic mass is 10.2. The van der Waals surface area contributed by atoms with Gasteiger partial charge in [0.25, 0.3) is 0 Å². The van der Waals surface area contributed by atoms with Gasteiger partial charge < -0.3 is 10.0 Å². The molecule has 0 saturated carbocycles. The summed E-state index contributed by atoms with van der Waals surface area (Å²) in [6.07, 6.45) is 0.650. The van der Waals surface area contributed by atoms with Crippen molar-refractivity contribution in [1.29, 1.82) is 0 Å². The highest BCUT2D eigenvalue weighted by molar-refractivity contribution is 7.89. The number of fused-ring (bicyclic) bond motifs is 1. The first-order valence-electron chi connectivity index (χ1n) is 6.79. The molecule has 1 atom stereocenters. The predicted octanol–water partition coefficient (Wildman–Crippen LogP) is 0.597. The molecule has 6 nitrogen and oxygen atoms in total. The van der Waals surface area contributed by atoms with Crippen LogP contribution in [-0.4, -0.2) is 50.0 Å². The molecule has 0 bridgehead atoms. The van der Waals surface area contributed by atoms with Crippen LogP contribution in [0, 0.1) is 0 Å². The van der Waals surface area contributed by atoms with E-state index in [0.717, 1.165) is 15.6 Å². The van der Waals surface area contributed by atoms with E-state index in [1.165, 1.54) is 20.0 Å². The van der Waals surface area contributed by atoms with E-state index >= 15 is 0 Å². The Labute approximate surface area is 125 Å². The molecule has 1 amide bonds. The molecular weight excluding hydrogens is 292 g/mol. The minimum absolute atomic E-state index is 0.0459. The number of benzene rings is 1. The summed E-state index contributed by atoms with van der Waals surface area (Å²) in [5.74, 6) is -0.0459. The van der Waals surface area contributed by atoms with Crippen molar-refractivity contribution in [3.8, 4) is 0 Å². The van der Waals surface area contributed by atoms with E-state index < -0.39 is 16.1 Å². The van der Waals surface area contributed by atoms with E-state index in [2.05, 4.69) is 0 Å². The standard InChI is InChI=1S/C14H20N2O4S/c1-10(9-17)15(3)21(19,20)13-4-5-14-12(8-13)6-7-16(14)11(2)18/h4-5,8,10,17H,6-7,9H2,1-3H3. The van der Waals surface area contributed by atoms with Crippen LogP contribution in [0.5, 0.6) is 0 Å². The Kier molecular flexibility index (Phi) is 4.36. The molecule has 1 aliphatic heterocycles. The fourth-order valence-corrected chi connectivity index (χ4v) is 3.79. The maximum Gasteiger partial charge on any atom is 0.243 e. The first-order chi connectivity index (χ1) is 9.78. The lowest BCUT2D eigenvalue weighted by Gasteiger charge is -2.23. The largest absolute Gasteiger partial charge is 0.395 e. The van der Waals surface area contributed by atoms with E-state index in [0.29, 0.717) is 13.0 Å². The van der Waals surface area contributed by atoms with Gasteiger partial charge in [-0.05, 0) is 37.1 Å². The number of carbonyl (C=O) groups is 1. The van der Waals surface area contributed by atoms with Crippen LogP contribution in [0.3, 0.4) is 0 Å². The van der Waals surface area contributed by atoms with Gasteiger partial charge in [-0.2, -0.15) is 4.31 Å². The van der Waals surface area contributed by atoms with Gasteiger partial charge in [0.1, 0.15) is 0 Å². The second-order valence-electron chi connectivity index (χ2n) is 5.26. The SMILES string of the molecule is CC(=O)N1CCc2cc(S(=O)(=O)N(C)C(C)CO)ccc21. The van der Waals surface area contributed by atoms with Gasteiger partial charge in [-0.3, -0.25) is 4.79 Å². The third-order valence-electron chi connectivity index (χ3n) is 3.89. The molecule has 0 radical (unpaired) electrons. The number of anilines is 1. The molecule has 0 aromatic heterocycles. The van der Waals surface area contributed by atoms with Gasteiger partial charge in [0, 0.05) is 32.2 Å². The molecule has 0 saturated heterocycles. The smallest absolute Gasteiger partial charge is 0.243 e. The Hall–Kier alpha value is -1.44. The molecule has 1 heterocycles. The average Bonchev–Trinajstić information content (AvgIpc) is 2.88. The maximum absolute atomic E-state index is 12.5. The van der Waals surface area contributed by atoms with Crippen LogP contribution in [0.15, 0.2) is 23.1 Å². The van der Waals surface area contributed by atoms with Crippen molar-refractivity contribution in [3.05, 3.63) is 23.8 Å². The van der Waals surface area contributed by atoms with E-state index in [-0.39, 0.29) is 17.4 Å². The molecule has 1 aromatic rings. The zero-order valence-corrected chi connectivity index (χ0v) is 13.2. The van der Waals surface area contributed by atoms with Gasteiger partial charge in [0.05, 0.1) is 11.5 Å². The number of carbonyl (C=O) groups excluding carboxylic acids is 1. The first-order valence-corrected chi connectivity index (χ1v) is 8.23. The van der Waals surface area contributed by atoms with Gasteiger partial charge >= 0.3 is 0 Å². The van der Waals surface area contributed by atoms with Crippen molar-refractivity contribution < 1.29 is 18.3 Å². The number of sulfonamides is 1. The highest BCUT2D eigenvalue weighted by Crippen LogP contribution is 2.31. The van der Waals surface area contributed by atoms with E-state index in [1.54, 1.807) is 24.0 Å². The molecule has 1 aromatic carbocycles. The summed E-state index contributed by atoms with van der Waals surface area (Å²) in [7, 11) is -2.19. The number of likely N-dealkylation sites (N-methyl/N-ethyl adjacent to an activating group) is 1. The van der Waals surface area contributed by atoms with Crippen molar-refractivity contribution in [2.75, 3.05) is 25.1 Å². The minimum Gasteiger partial charge on any atom is -0.395 e. The summed E-state index contributed by atoms with van der Waals surface area (Å²) >= 11 is 0. The summed E-state index contributed by atoms with van der Waals surface area (Å²) in [5, 5.41) is 9.12. The molecule has 116 valence electrons. The number of nitrogens with zero attached hydrogens (tertiary/aromatic N) is 2. The normalized spacial score (nSPS) is 16.1. The first kappa shape index (κ1) is 15.9. The Morgan fingerprint density at radius 3 is 2.71 bits per heavy atom. The van der Waals surface area contributed by atoms with Gasteiger partial charge in [0.15, 0.2) is 0 Å². The second kappa shape index (κ2) is 5.75. The van der Waals surface area contributed by atoms with E-state index in [9.17, 15) is 13.2 Å². The van der Waals surface area contributed by atoms with Crippen LogP contribution >= 0.6 is 0 Å². The maximum atomic E-state index is 12.5. The van der Waals surface area contributed by atoms with Crippen molar-refractivity contribution in [2.45, 2.75) is 31.2 Å². The minimum atomic E-state index is -3.64. The number of amides is 1. The molecule has 1 N–H and O–H groups in total. The fraction of sp³-hybridized carbons (Fsp3) is 0.500. The molecular formula is C14H20N2O4S. The molecule has 0 aliphatic carbocycles. The van der Waals surface area contributed by atoms with Crippen LogP contribution in [0.1, 0.15) is 19.4 Å². The summed E-state index contributed by atoms with van der Waals surface area (Å²) in [6.45, 7) is 3.48. The summed E-state index contributed by atoms with van der Waals surface area (Å²) < 4.78 is 26.1. The molecule has 7 heteroatoms. The fourth-order valence-electron chi connectivity index (χ4n) is 2.38. The number of rotatable bonds is 4. The Bertz CT molecular complexity index is 657. The molecule has 0 spiro atoms. The van der Waals surface area contributed by atoms with Gasteiger partial charge in [-0.15, -0.1) is 0 Å². The van der Waals surface area contributed by atoms with Crippen LogP contribution in [0.25, 0.3) is 0 Å². The molecule has 1 unspecified atom stereocenters. The number of aliphatic hydroxyl groups is 1. The third-order valence-corrected chi connectivity index (χ3v) is 5.86. The molecule has 0 fully saturated rings. The zero-order chi connectivity index (χ0) is 15.8. The summed E-state index contributed by atoms with van der Waals surface area (Å²) in [5.41, 5.74) is 1.63.